The zero-order chi connectivity index (χ0) is 18.0. The van der Waals surface area contributed by atoms with Crippen molar-refractivity contribution in [3.63, 3.8) is 0 Å². The zero-order valence-corrected chi connectivity index (χ0v) is 15.6. The summed E-state index contributed by atoms with van der Waals surface area (Å²) in [4.78, 5) is 17.4. The molecule has 142 valence electrons. The number of benzene rings is 1. The Hall–Kier alpha value is -1.79. The van der Waals surface area contributed by atoms with Gasteiger partial charge in [-0.2, -0.15) is 0 Å². The van der Waals surface area contributed by atoms with Crippen molar-refractivity contribution in [3.8, 4) is 5.75 Å². The van der Waals surface area contributed by atoms with Crippen LogP contribution in [0.4, 0.5) is 5.69 Å². The number of likely N-dealkylation sites (tertiary alicyclic amines) is 1. The number of ether oxygens (including phenoxy) is 2. The average Bonchev–Trinajstić information content (AvgIpc) is 3.11. The van der Waals surface area contributed by atoms with Crippen molar-refractivity contribution in [2.24, 2.45) is 5.41 Å². The maximum absolute atomic E-state index is 13.1. The van der Waals surface area contributed by atoms with Crippen LogP contribution in [-0.2, 0) is 4.74 Å². The van der Waals surface area contributed by atoms with E-state index in [2.05, 4.69) is 10.2 Å². The van der Waals surface area contributed by atoms with Gasteiger partial charge in [0.05, 0.1) is 26.0 Å². The number of hydrogen-bond acceptors (Lipinski definition) is 5. The number of anilines is 1. The van der Waals surface area contributed by atoms with Crippen LogP contribution in [0.1, 0.15) is 29.6 Å². The molecule has 1 unspecified atom stereocenters. The van der Waals surface area contributed by atoms with E-state index in [9.17, 15) is 4.79 Å². The fraction of sp³-hybridized carbons (Fsp3) is 0.650. The van der Waals surface area contributed by atoms with Gasteiger partial charge in [-0.05, 0) is 44.0 Å². The first-order valence-corrected chi connectivity index (χ1v) is 9.72. The van der Waals surface area contributed by atoms with Crippen LogP contribution in [0, 0.1) is 5.41 Å². The van der Waals surface area contributed by atoms with Crippen molar-refractivity contribution in [3.05, 3.63) is 23.8 Å². The molecule has 6 nitrogen and oxygen atoms in total. The molecule has 3 aliphatic heterocycles. The number of rotatable bonds is 3. The fourth-order valence-corrected chi connectivity index (χ4v) is 4.54. The number of morpholine rings is 1. The van der Waals surface area contributed by atoms with Gasteiger partial charge in [0.1, 0.15) is 5.75 Å². The Morgan fingerprint density at radius 1 is 1.23 bits per heavy atom. The summed E-state index contributed by atoms with van der Waals surface area (Å²) in [7, 11) is 1.68. The van der Waals surface area contributed by atoms with E-state index in [0.717, 1.165) is 62.7 Å². The molecule has 1 amide bonds. The van der Waals surface area contributed by atoms with Crippen molar-refractivity contribution in [2.45, 2.75) is 19.3 Å². The van der Waals surface area contributed by atoms with Crippen LogP contribution in [0.5, 0.6) is 5.75 Å². The Labute approximate surface area is 155 Å². The van der Waals surface area contributed by atoms with Gasteiger partial charge in [-0.25, -0.2) is 0 Å². The van der Waals surface area contributed by atoms with Crippen molar-refractivity contribution in [1.29, 1.82) is 0 Å². The summed E-state index contributed by atoms with van der Waals surface area (Å²) in [6.45, 7) is 6.96. The second kappa shape index (κ2) is 7.45. The predicted octanol–water partition coefficient (Wildman–Crippen LogP) is 1.75. The summed E-state index contributed by atoms with van der Waals surface area (Å²) >= 11 is 0. The van der Waals surface area contributed by atoms with Gasteiger partial charge in [0.2, 0.25) is 0 Å². The first kappa shape index (κ1) is 17.6. The highest BCUT2D eigenvalue weighted by molar-refractivity contribution is 5.96. The van der Waals surface area contributed by atoms with Crippen LogP contribution in [0.15, 0.2) is 18.2 Å². The Balaban J connectivity index is 1.52. The highest BCUT2D eigenvalue weighted by Crippen LogP contribution is 2.37. The van der Waals surface area contributed by atoms with Crippen LogP contribution in [0.25, 0.3) is 0 Å². The maximum atomic E-state index is 13.1. The molecule has 1 N–H and O–H groups in total. The number of carbonyl (C=O) groups is 1. The largest absolute Gasteiger partial charge is 0.495 e. The highest BCUT2D eigenvalue weighted by atomic mass is 16.5. The fourth-order valence-electron chi connectivity index (χ4n) is 4.54. The minimum absolute atomic E-state index is 0.143. The highest BCUT2D eigenvalue weighted by Gasteiger charge is 2.40. The molecule has 0 bridgehead atoms. The zero-order valence-electron chi connectivity index (χ0n) is 15.6. The topological polar surface area (TPSA) is 54.0 Å². The minimum atomic E-state index is 0.143. The van der Waals surface area contributed by atoms with Gasteiger partial charge in [0.15, 0.2) is 0 Å². The molecule has 1 aromatic rings. The van der Waals surface area contributed by atoms with Gasteiger partial charge in [-0.15, -0.1) is 0 Å². The van der Waals surface area contributed by atoms with Gasteiger partial charge < -0.3 is 24.6 Å². The standard InChI is InChI=1S/C20H29N3O3/c1-25-18-4-3-16(13-17(18)22-9-11-26-12-10-22)19(24)23-8-6-20(15-23)5-2-7-21-14-20/h3-4,13,21H,2,5-12,14-15H2,1H3. The molecule has 1 aromatic carbocycles. The summed E-state index contributed by atoms with van der Waals surface area (Å²) in [5.41, 5.74) is 2.04. The van der Waals surface area contributed by atoms with Crippen LogP contribution < -0.4 is 15.0 Å². The number of piperidine rings is 1. The Morgan fingerprint density at radius 2 is 2.08 bits per heavy atom. The van der Waals surface area contributed by atoms with Crippen molar-refractivity contribution < 1.29 is 14.3 Å². The Morgan fingerprint density at radius 3 is 2.81 bits per heavy atom. The van der Waals surface area contributed by atoms with E-state index in [1.54, 1.807) is 7.11 Å². The molecule has 1 atom stereocenters. The second-order valence-electron chi connectivity index (χ2n) is 7.74. The molecule has 0 radical (unpaired) electrons. The Bertz CT molecular complexity index is 652. The van der Waals surface area contributed by atoms with E-state index in [-0.39, 0.29) is 11.3 Å². The minimum Gasteiger partial charge on any atom is -0.495 e. The quantitative estimate of drug-likeness (QED) is 0.891. The molecule has 0 saturated carbocycles. The van der Waals surface area contributed by atoms with E-state index in [1.165, 1.54) is 12.8 Å². The van der Waals surface area contributed by atoms with Gasteiger partial charge in [-0.3, -0.25) is 4.79 Å². The number of hydrogen-bond donors (Lipinski definition) is 1. The molecule has 3 saturated heterocycles. The smallest absolute Gasteiger partial charge is 0.253 e. The average molecular weight is 359 g/mol. The molecular formula is C20H29N3O3. The summed E-state index contributed by atoms with van der Waals surface area (Å²) in [5.74, 6) is 0.961. The first-order valence-electron chi connectivity index (χ1n) is 9.72. The molecule has 26 heavy (non-hydrogen) atoms. The van der Waals surface area contributed by atoms with Crippen LogP contribution in [0.2, 0.25) is 0 Å². The molecule has 4 rings (SSSR count). The molecule has 1 spiro atoms. The SMILES string of the molecule is COc1ccc(C(=O)N2CCC3(CCCNC3)C2)cc1N1CCOCC1. The van der Waals surface area contributed by atoms with E-state index >= 15 is 0 Å². The van der Waals surface area contributed by atoms with Crippen molar-refractivity contribution in [1.82, 2.24) is 10.2 Å². The molecule has 3 fully saturated rings. The predicted molar refractivity (Wildman–Crippen MR) is 101 cm³/mol. The van der Waals surface area contributed by atoms with E-state index < -0.39 is 0 Å². The third-order valence-electron chi connectivity index (χ3n) is 6.06. The van der Waals surface area contributed by atoms with Crippen molar-refractivity contribution >= 4 is 11.6 Å². The van der Waals surface area contributed by atoms with Crippen LogP contribution in [-0.4, -0.2) is 70.4 Å². The van der Waals surface area contributed by atoms with Crippen molar-refractivity contribution in [2.75, 3.05) is 64.5 Å². The van der Waals surface area contributed by atoms with E-state index in [1.807, 2.05) is 23.1 Å². The lowest BCUT2D eigenvalue weighted by atomic mass is 9.80. The third-order valence-corrected chi connectivity index (χ3v) is 6.06. The Kier molecular flexibility index (Phi) is 5.05. The molecule has 6 heteroatoms. The maximum Gasteiger partial charge on any atom is 0.253 e. The van der Waals surface area contributed by atoms with Gasteiger partial charge in [0, 0.05) is 43.7 Å². The van der Waals surface area contributed by atoms with E-state index in [4.69, 9.17) is 9.47 Å². The third kappa shape index (κ3) is 3.40. The molecule has 0 aromatic heterocycles. The molecular weight excluding hydrogens is 330 g/mol. The molecule has 3 aliphatic rings. The monoisotopic (exact) mass is 359 g/mol. The lowest BCUT2D eigenvalue weighted by Crippen LogP contribution is -2.42. The normalized spacial score (nSPS) is 26.3. The summed E-state index contributed by atoms with van der Waals surface area (Å²) in [6.07, 6.45) is 3.55. The number of methoxy groups -OCH3 is 1. The van der Waals surface area contributed by atoms with E-state index in [0.29, 0.717) is 13.2 Å². The number of nitrogens with zero attached hydrogens (tertiary/aromatic N) is 2. The summed E-state index contributed by atoms with van der Waals surface area (Å²) in [5, 5.41) is 3.51. The molecule has 3 heterocycles. The summed E-state index contributed by atoms with van der Waals surface area (Å²) < 4.78 is 11.0. The molecule has 0 aliphatic carbocycles. The first-order chi connectivity index (χ1) is 12.7. The number of nitrogens with one attached hydrogen (secondary N) is 1. The van der Waals surface area contributed by atoms with Crippen LogP contribution in [0.3, 0.4) is 0 Å². The van der Waals surface area contributed by atoms with Gasteiger partial charge in [0.25, 0.3) is 5.91 Å². The second-order valence-corrected chi connectivity index (χ2v) is 7.74. The van der Waals surface area contributed by atoms with Crippen LogP contribution >= 0.6 is 0 Å². The number of amides is 1. The summed E-state index contributed by atoms with van der Waals surface area (Å²) in [6, 6.07) is 5.82. The van der Waals surface area contributed by atoms with Gasteiger partial charge >= 0.3 is 0 Å². The van der Waals surface area contributed by atoms with Gasteiger partial charge in [-0.1, -0.05) is 0 Å². The lowest BCUT2D eigenvalue weighted by molar-refractivity contribution is 0.0764. The number of carbonyl (C=O) groups excluding carboxylic acids is 1. The lowest BCUT2D eigenvalue weighted by Gasteiger charge is -2.34.